The minimum absolute atomic E-state index is 0.0637. The maximum Gasteiger partial charge on any atom is 0.339 e. The zero-order chi connectivity index (χ0) is 37.7. The van der Waals surface area contributed by atoms with E-state index in [-0.39, 0.29) is 35.1 Å². The Balaban J connectivity index is 0.000000204. The smallest absolute Gasteiger partial charge is 0.339 e. The average molecular weight is 749 g/mol. The van der Waals surface area contributed by atoms with Gasteiger partial charge in [0.15, 0.2) is 0 Å². The van der Waals surface area contributed by atoms with E-state index in [9.17, 15) is 34.5 Å². The molecule has 12 heteroatoms. The van der Waals surface area contributed by atoms with Crippen molar-refractivity contribution in [3.05, 3.63) is 142 Å². The van der Waals surface area contributed by atoms with Crippen LogP contribution in [0.1, 0.15) is 44.7 Å². The van der Waals surface area contributed by atoms with Gasteiger partial charge in [-0.2, -0.15) is 0 Å². The number of phenols is 1. The zero-order valence-electron chi connectivity index (χ0n) is 28.6. The van der Waals surface area contributed by atoms with Crippen molar-refractivity contribution in [2.24, 2.45) is 0 Å². The van der Waals surface area contributed by atoms with Crippen LogP contribution in [-0.2, 0) is 22.4 Å². The van der Waals surface area contributed by atoms with Gasteiger partial charge in [-0.25, -0.2) is 9.59 Å². The topological polar surface area (TPSA) is 162 Å². The fraction of sp³-hybridized carbons (Fsp3) is 0.122. The van der Waals surface area contributed by atoms with Gasteiger partial charge in [0, 0.05) is 34.7 Å². The van der Waals surface area contributed by atoms with Crippen molar-refractivity contribution in [2.75, 3.05) is 17.7 Å². The summed E-state index contributed by atoms with van der Waals surface area (Å²) in [4.78, 5) is 48.0. The monoisotopic (exact) mass is 748 g/mol. The summed E-state index contributed by atoms with van der Waals surface area (Å²) in [5, 5.41) is 38.2. The molecular formula is C41H36N2O8S2. The number of benzene rings is 4. The number of aryl methyl sites for hydroxylation is 2. The molecule has 0 unspecified atom stereocenters. The van der Waals surface area contributed by atoms with E-state index in [1.165, 1.54) is 34.8 Å². The SMILES string of the molecule is COc1ccc(-c2csc(NC(=O)CCc3ccccc3)c2C(=O)O)cc1.O=C(CCc1ccccc1)Nc1scc(-c2ccc(O)cc2)c1C(=O)O. The van der Waals surface area contributed by atoms with Crippen LogP contribution in [0.4, 0.5) is 10.0 Å². The molecule has 0 fully saturated rings. The number of carboxylic acid groups (broad SMARTS) is 2. The number of nitrogens with one attached hydrogen (secondary N) is 2. The minimum Gasteiger partial charge on any atom is -0.508 e. The summed E-state index contributed by atoms with van der Waals surface area (Å²) in [5.41, 5.74) is 4.81. The number of methoxy groups -OCH3 is 1. The number of carbonyl (C=O) groups is 4. The number of anilines is 2. The first kappa shape index (κ1) is 38.0. The molecule has 0 radical (unpaired) electrons. The summed E-state index contributed by atoms with van der Waals surface area (Å²) in [6, 6.07) is 32.8. The lowest BCUT2D eigenvalue weighted by molar-refractivity contribution is -0.117. The van der Waals surface area contributed by atoms with Gasteiger partial charge in [-0.3, -0.25) is 9.59 Å². The Morgan fingerprint density at radius 2 is 0.981 bits per heavy atom. The Morgan fingerprint density at radius 3 is 1.36 bits per heavy atom. The van der Waals surface area contributed by atoms with Crippen molar-refractivity contribution in [1.29, 1.82) is 0 Å². The van der Waals surface area contributed by atoms with E-state index in [1.54, 1.807) is 54.3 Å². The van der Waals surface area contributed by atoms with Crippen molar-refractivity contribution in [3.63, 3.8) is 0 Å². The fourth-order valence-corrected chi connectivity index (χ4v) is 7.30. The normalized spacial score (nSPS) is 10.4. The van der Waals surface area contributed by atoms with Crippen LogP contribution < -0.4 is 15.4 Å². The van der Waals surface area contributed by atoms with E-state index in [0.29, 0.717) is 51.7 Å². The Hall–Kier alpha value is -6.24. The number of hydrogen-bond acceptors (Lipinski definition) is 8. The fourth-order valence-electron chi connectivity index (χ4n) is 5.34. The molecule has 0 aliphatic carbocycles. The molecule has 0 atom stereocenters. The molecule has 4 aromatic carbocycles. The van der Waals surface area contributed by atoms with E-state index in [2.05, 4.69) is 10.6 Å². The van der Waals surface area contributed by atoms with Crippen LogP contribution in [0.3, 0.4) is 0 Å². The van der Waals surface area contributed by atoms with Crippen LogP contribution in [0.25, 0.3) is 22.3 Å². The maximum atomic E-state index is 12.3. The molecule has 10 nitrogen and oxygen atoms in total. The highest BCUT2D eigenvalue weighted by Crippen LogP contribution is 2.37. The second-order valence-electron chi connectivity index (χ2n) is 11.7. The van der Waals surface area contributed by atoms with Gasteiger partial charge in [-0.05, 0) is 59.4 Å². The molecule has 2 amide bonds. The highest BCUT2D eigenvalue weighted by molar-refractivity contribution is 7.15. The van der Waals surface area contributed by atoms with Crippen molar-refractivity contribution >= 4 is 56.4 Å². The molecule has 53 heavy (non-hydrogen) atoms. The molecule has 0 spiro atoms. The predicted octanol–water partition coefficient (Wildman–Crippen LogP) is 9.08. The number of amides is 2. The number of aromatic carboxylic acids is 2. The van der Waals surface area contributed by atoms with Gasteiger partial charge >= 0.3 is 11.9 Å². The largest absolute Gasteiger partial charge is 0.508 e. The van der Waals surface area contributed by atoms with Gasteiger partial charge in [0.25, 0.3) is 0 Å². The van der Waals surface area contributed by atoms with E-state index >= 15 is 0 Å². The average Bonchev–Trinajstić information content (AvgIpc) is 3.79. The second-order valence-corrected chi connectivity index (χ2v) is 13.4. The molecule has 0 aliphatic heterocycles. The van der Waals surface area contributed by atoms with Gasteiger partial charge < -0.3 is 30.7 Å². The van der Waals surface area contributed by atoms with E-state index in [1.807, 2.05) is 60.7 Å². The van der Waals surface area contributed by atoms with Crippen LogP contribution in [0.5, 0.6) is 11.5 Å². The summed E-state index contributed by atoms with van der Waals surface area (Å²) in [6.45, 7) is 0. The van der Waals surface area contributed by atoms with Gasteiger partial charge in [0.2, 0.25) is 11.8 Å². The van der Waals surface area contributed by atoms with Crippen molar-refractivity contribution in [2.45, 2.75) is 25.7 Å². The van der Waals surface area contributed by atoms with Gasteiger partial charge in [0.1, 0.15) is 32.6 Å². The van der Waals surface area contributed by atoms with Crippen LogP contribution in [0.2, 0.25) is 0 Å². The molecule has 0 saturated heterocycles. The molecule has 6 rings (SSSR count). The number of rotatable bonds is 13. The molecule has 6 aromatic rings. The lowest BCUT2D eigenvalue weighted by Crippen LogP contribution is -2.14. The first-order valence-corrected chi connectivity index (χ1v) is 18.2. The third-order valence-electron chi connectivity index (χ3n) is 8.06. The van der Waals surface area contributed by atoms with E-state index in [4.69, 9.17) is 4.74 Å². The lowest BCUT2D eigenvalue weighted by atomic mass is 10.0. The summed E-state index contributed by atoms with van der Waals surface area (Å²) in [5.74, 6) is -1.80. The first-order valence-electron chi connectivity index (χ1n) is 16.4. The highest BCUT2D eigenvalue weighted by Gasteiger charge is 2.22. The Bertz CT molecular complexity index is 2160. The van der Waals surface area contributed by atoms with E-state index < -0.39 is 11.9 Å². The summed E-state index contributed by atoms with van der Waals surface area (Å²) in [7, 11) is 1.57. The number of hydrogen-bond donors (Lipinski definition) is 5. The lowest BCUT2D eigenvalue weighted by Gasteiger charge is -2.07. The summed E-state index contributed by atoms with van der Waals surface area (Å²) in [6.07, 6.45) is 1.76. The van der Waals surface area contributed by atoms with Gasteiger partial charge in [-0.1, -0.05) is 84.9 Å². The van der Waals surface area contributed by atoms with Gasteiger partial charge in [0.05, 0.1) is 7.11 Å². The highest BCUT2D eigenvalue weighted by atomic mass is 32.1. The molecule has 0 aliphatic rings. The van der Waals surface area contributed by atoms with Crippen molar-refractivity contribution in [1.82, 2.24) is 0 Å². The van der Waals surface area contributed by atoms with Gasteiger partial charge in [-0.15, -0.1) is 22.7 Å². The van der Waals surface area contributed by atoms with Crippen LogP contribution in [0, 0.1) is 0 Å². The molecule has 0 bridgehead atoms. The molecule has 2 aromatic heterocycles. The quantitative estimate of drug-likeness (QED) is 0.0781. The number of carboxylic acids is 2. The molecule has 5 N–H and O–H groups in total. The Morgan fingerprint density at radius 1 is 0.585 bits per heavy atom. The van der Waals surface area contributed by atoms with Crippen molar-refractivity contribution < 1.29 is 39.2 Å². The molecular weight excluding hydrogens is 713 g/mol. The summed E-state index contributed by atoms with van der Waals surface area (Å²) >= 11 is 2.39. The molecule has 270 valence electrons. The zero-order valence-corrected chi connectivity index (χ0v) is 30.2. The first-order chi connectivity index (χ1) is 25.6. The second kappa shape index (κ2) is 18.3. The number of thiophene rings is 2. The van der Waals surface area contributed by atoms with Crippen LogP contribution >= 0.6 is 22.7 Å². The van der Waals surface area contributed by atoms with E-state index in [0.717, 1.165) is 16.7 Å². The Kier molecular flexibility index (Phi) is 13.1. The van der Waals surface area contributed by atoms with Crippen LogP contribution in [-0.4, -0.2) is 46.2 Å². The number of aromatic hydroxyl groups is 1. The number of phenolic OH excluding ortho intramolecular Hbond substituents is 1. The Labute approximate surface area is 314 Å². The number of ether oxygens (including phenoxy) is 1. The third-order valence-corrected chi connectivity index (χ3v) is 9.85. The minimum atomic E-state index is -1.10. The number of carbonyl (C=O) groups excluding carboxylic acids is 2. The predicted molar refractivity (Wildman–Crippen MR) is 208 cm³/mol. The summed E-state index contributed by atoms with van der Waals surface area (Å²) < 4.78 is 5.13. The molecule has 0 saturated carbocycles. The molecule has 2 heterocycles. The third kappa shape index (κ3) is 10.4. The standard InChI is InChI=1S/C21H19NO4S.C20H17NO4S/c1-26-16-10-8-15(9-11-16)17-13-27-20(19(17)21(24)25)22-18(23)12-7-14-5-3-2-4-6-14;22-15-9-7-14(8-10-15)16-12-26-19(18(16)20(24)25)21-17(23)11-6-13-4-2-1-3-5-13/h2-6,8-11,13H,7,12H2,1H3,(H,22,23)(H,24,25);1-5,7-10,12,22H,6,11H2,(H,21,23)(H,24,25). The maximum absolute atomic E-state index is 12.3. The van der Waals surface area contributed by atoms with Crippen molar-refractivity contribution in [3.8, 4) is 33.8 Å². The van der Waals surface area contributed by atoms with Crippen LogP contribution in [0.15, 0.2) is 120 Å².